The van der Waals surface area contributed by atoms with Crippen molar-refractivity contribution >= 4 is 17.6 Å². The maximum Gasteiger partial charge on any atom is 0.224 e. The number of amides is 1. The number of hydrogen-bond donors (Lipinski definition) is 1. The molecule has 0 aliphatic rings. The molecule has 0 saturated carbocycles. The normalized spacial score (nSPS) is 10.2. The average molecular weight is 250 g/mol. The number of carbonyl (C=O) groups is 2. The molecule has 0 aliphatic carbocycles. The number of hydrogen-bond acceptors (Lipinski definition) is 4. The quantitative estimate of drug-likeness (QED) is 0.810. The van der Waals surface area contributed by atoms with Gasteiger partial charge < -0.3 is 20.0 Å². The lowest BCUT2D eigenvalue weighted by Crippen LogP contribution is -2.28. The fourth-order valence-corrected chi connectivity index (χ4v) is 1.36. The van der Waals surface area contributed by atoms with Gasteiger partial charge in [-0.1, -0.05) is 13.8 Å². The molecule has 1 amide bonds. The Morgan fingerprint density at radius 2 is 1.89 bits per heavy atom. The number of ether oxygens (including phenoxy) is 1. The first-order valence-electron chi connectivity index (χ1n) is 5.70. The second kappa shape index (κ2) is 6.64. The molecule has 0 atom stereocenters. The van der Waals surface area contributed by atoms with Gasteiger partial charge in [-0.15, -0.1) is 0 Å². The predicted molar refractivity (Wildman–Crippen MR) is 65.0 cm³/mol. The molecule has 0 heterocycles. The summed E-state index contributed by atoms with van der Waals surface area (Å²) in [6, 6.07) is 6.49. The maximum atomic E-state index is 11.5. The van der Waals surface area contributed by atoms with E-state index in [0.717, 1.165) is 0 Å². The highest BCUT2D eigenvalue weighted by Crippen LogP contribution is 2.16. The highest BCUT2D eigenvalue weighted by molar-refractivity contribution is 5.90. The first kappa shape index (κ1) is 14.0. The van der Waals surface area contributed by atoms with Crippen molar-refractivity contribution in [1.82, 2.24) is 0 Å². The van der Waals surface area contributed by atoms with Crippen LogP contribution in [0.3, 0.4) is 0 Å². The summed E-state index contributed by atoms with van der Waals surface area (Å²) in [6.07, 6.45) is 0.461. The minimum atomic E-state index is -1.27. The van der Waals surface area contributed by atoms with Gasteiger partial charge in [0.05, 0.1) is 5.97 Å². The summed E-state index contributed by atoms with van der Waals surface area (Å²) in [5.74, 6) is -0.602. The molecule has 1 aromatic carbocycles. The van der Waals surface area contributed by atoms with Crippen LogP contribution in [0.15, 0.2) is 24.3 Å². The smallest absolute Gasteiger partial charge is 0.224 e. The van der Waals surface area contributed by atoms with Gasteiger partial charge in [0.1, 0.15) is 12.4 Å². The molecule has 0 fully saturated rings. The van der Waals surface area contributed by atoms with Gasteiger partial charge in [-0.3, -0.25) is 4.79 Å². The van der Waals surface area contributed by atoms with E-state index in [4.69, 9.17) is 4.74 Å². The summed E-state index contributed by atoms with van der Waals surface area (Å²) in [7, 11) is 0. The molecule has 0 saturated heterocycles. The van der Waals surface area contributed by atoms with E-state index in [9.17, 15) is 14.7 Å². The topological polar surface area (TPSA) is 78.5 Å². The van der Waals surface area contributed by atoms with Crippen molar-refractivity contribution in [2.45, 2.75) is 20.3 Å². The van der Waals surface area contributed by atoms with E-state index >= 15 is 0 Å². The second-order valence-corrected chi connectivity index (χ2v) is 4.33. The summed E-state index contributed by atoms with van der Waals surface area (Å²) in [5, 5.41) is 12.9. The van der Waals surface area contributed by atoms with E-state index in [1.807, 2.05) is 13.8 Å². The van der Waals surface area contributed by atoms with Crippen LogP contribution < -0.4 is 15.2 Å². The number of aliphatic carboxylic acids is 1. The molecule has 1 aromatic rings. The average Bonchev–Trinajstić information content (AvgIpc) is 2.26. The van der Waals surface area contributed by atoms with Gasteiger partial charge in [-0.2, -0.15) is 0 Å². The summed E-state index contributed by atoms with van der Waals surface area (Å²) in [5.41, 5.74) is 0.654. The Hall–Kier alpha value is -2.04. The Kier molecular flexibility index (Phi) is 5.17. The lowest BCUT2D eigenvalue weighted by Gasteiger charge is -2.09. The summed E-state index contributed by atoms with van der Waals surface area (Å²) in [4.78, 5) is 21.7. The lowest BCUT2D eigenvalue weighted by atomic mass is 10.1. The second-order valence-electron chi connectivity index (χ2n) is 4.33. The Balaban J connectivity index is 2.49. The molecule has 0 unspecified atom stereocenters. The predicted octanol–water partition coefficient (Wildman–Crippen LogP) is 0.800. The van der Waals surface area contributed by atoms with Gasteiger partial charge >= 0.3 is 0 Å². The Bertz CT molecular complexity index is 412. The van der Waals surface area contributed by atoms with Crippen molar-refractivity contribution in [3.05, 3.63) is 24.3 Å². The minimum Gasteiger partial charge on any atom is -0.546 e. The molecule has 0 spiro atoms. The zero-order valence-corrected chi connectivity index (χ0v) is 10.4. The van der Waals surface area contributed by atoms with Crippen molar-refractivity contribution in [2.24, 2.45) is 5.92 Å². The number of anilines is 1. The van der Waals surface area contributed by atoms with E-state index in [-0.39, 0.29) is 5.91 Å². The molecule has 1 rings (SSSR count). The van der Waals surface area contributed by atoms with Crippen LogP contribution in [-0.4, -0.2) is 18.5 Å². The first-order chi connectivity index (χ1) is 8.47. The number of carboxylic acid groups (broad SMARTS) is 1. The number of carboxylic acids is 1. The van der Waals surface area contributed by atoms with Crippen molar-refractivity contribution in [3.63, 3.8) is 0 Å². The molecule has 5 heteroatoms. The number of nitrogens with one attached hydrogen (secondary N) is 1. The van der Waals surface area contributed by atoms with Gasteiger partial charge in [0.15, 0.2) is 0 Å². The molecule has 0 aliphatic heterocycles. The SMILES string of the molecule is CC(C)CC(=O)Nc1ccc(OCC(=O)[O-])cc1. The Morgan fingerprint density at radius 1 is 1.28 bits per heavy atom. The maximum absolute atomic E-state index is 11.5. The highest BCUT2D eigenvalue weighted by atomic mass is 16.5. The Labute approximate surface area is 106 Å². The largest absolute Gasteiger partial charge is 0.546 e. The number of carbonyl (C=O) groups excluding carboxylic acids is 2. The van der Waals surface area contributed by atoms with E-state index in [1.54, 1.807) is 24.3 Å². The molecule has 1 N–H and O–H groups in total. The molecule has 0 aromatic heterocycles. The van der Waals surface area contributed by atoms with Crippen LogP contribution in [0.25, 0.3) is 0 Å². The van der Waals surface area contributed by atoms with Gasteiger partial charge in [0.2, 0.25) is 5.91 Å². The molecule has 98 valence electrons. The zero-order chi connectivity index (χ0) is 13.5. The summed E-state index contributed by atoms with van der Waals surface area (Å²) < 4.78 is 4.92. The molecular weight excluding hydrogens is 234 g/mol. The van der Waals surface area contributed by atoms with Gasteiger partial charge in [0, 0.05) is 12.1 Å². The van der Waals surface area contributed by atoms with Crippen LogP contribution in [0.2, 0.25) is 0 Å². The van der Waals surface area contributed by atoms with Crippen molar-refractivity contribution in [3.8, 4) is 5.75 Å². The van der Waals surface area contributed by atoms with Crippen LogP contribution in [0, 0.1) is 5.92 Å². The van der Waals surface area contributed by atoms with Crippen LogP contribution >= 0.6 is 0 Å². The molecular formula is C13H16NO4-. The first-order valence-corrected chi connectivity index (χ1v) is 5.70. The fraction of sp³-hybridized carbons (Fsp3) is 0.385. The van der Waals surface area contributed by atoms with Crippen molar-refractivity contribution in [2.75, 3.05) is 11.9 Å². The third-order valence-electron chi connectivity index (χ3n) is 2.09. The van der Waals surface area contributed by atoms with Crippen LogP contribution in [0.5, 0.6) is 5.75 Å². The van der Waals surface area contributed by atoms with Gasteiger partial charge in [0.25, 0.3) is 0 Å². The van der Waals surface area contributed by atoms with Crippen LogP contribution in [0.4, 0.5) is 5.69 Å². The van der Waals surface area contributed by atoms with Gasteiger partial charge in [-0.05, 0) is 30.2 Å². The third kappa shape index (κ3) is 5.34. The van der Waals surface area contributed by atoms with E-state index < -0.39 is 12.6 Å². The van der Waals surface area contributed by atoms with Crippen molar-refractivity contribution in [1.29, 1.82) is 0 Å². The minimum absolute atomic E-state index is 0.0478. The van der Waals surface area contributed by atoms with E-state index in [2.05, 4.69) is 5.32 Å². The fourth-order valence-electron chi connectivity index (χ4n) is 1.36. The monoisotopic (exact) mass is 250 g/mol. The van der Waals surface area contributed by atoms with Gasteiger partial charge in [-0.25, -0.2) is 0 Å². The van der Waals surface area contributed by atoms with Crippen molar-refractivity contribution < 1.29 is 19.4 Å². The van der Waals surface area contributed by atoms with E-state index in [1.165, 1.54) is 0 Å². The zero-order valence-electron chi connectivity index (χ0n) is 10.4. The standard InChI is InChI=1S/C13H17NO4/c1-9(2)7-12(15)14-10-3-5-11(6-4-10)18-8-13(16)17/h3-6,9H,7-8H2,1-2H3,(H,14,15)(H,16,17)/p-1. The van der Waals surface area contributed by atoms with Crippen LogP contribution in [-0.2, 0) is 9.59 Å². The molecule has 0 radical (unpaired) electrons. The number of benzene rings is 1. The Morgan fingerprint density at radius 3 is 2.39 bits per heavy atom. The lowest BCUT2D eigenvalue weighted by molar-refractivity contribution is -0.307. The highest BCUT2D eigenvalue weighted by Gasteiger charge is 2.05. The van der Waals surface area contributed by atoms with E-state index in [0.29, 0.717) is 23.8 Å². The molecule has 5 nitrogen and oxygen atoms in total. The third-order valence-corrected chi connectivity index (χ3v) is 2.09. The number of rotatable bonds is 6. The molecule has 18 heavy (non-hydrogen) atoms. The molecule has 0 bridgehead atoms. The summed E-state index contributed by atoms with van der Waals surface area (Å²) >= 11 is 0. The van der Waals surface area contributed by atoms with Crippen LogP contribution in [0.1, 0.15) is 20.3 Å². The summed E-state index contributed by atoms with van der Waals surface area (Å²) in [6.45, 7) is 3.45.